The fraction of sp³-hybridized carbons (Fsp3) is 0.273. The van der Waals surface area contributed by atoms with Gasteiger partial charge in [-0.3, -0.25) is 14.7 Å². The number of aliphatic carboxylic acids is 1. The Kier molecular flexibility index (Phi) is 5.54. The van der Waals surface area contributed by atoms with Crippen molar-refractivity contribution in [2.75, 3.05) is 13.1 Å². The molecule has 0 radical (unpaired) electrons. The second kappa shape index (κ2) is 8.08. The van der Waals surface area contributed by atoms with Gasteiger partial charge in [-0.1, -0.05) is 47.5 Å². The first-order valence-corrected chi connectivity index (χ1v) is 10.0. The van der Waals surface area contributed by atoms with Gasteiger partial charge >= 0.3 is 5.97 Å². The number of nitrogens with zero attached hydrogens (tertiary/aromatic N) is 2. The predicted octanol–water partition coefficient (Wildman–Crippen LogP) is 5.43. The molecular weight excluding hydrogens is 395 g/mol. The Morgan fingerprint density at radius 1 is 1.11 bits per heavy atom. The summed E-state index contributed by atoms with van der Waals surface area (Å²) in [4.78, 5) is 17.8. The summed E-state index contributed by atoms with van der Waals surface area (Å²) >= 11 is 12.9. The number of piperidine rings is 1. The van der Waals surface area contributed by atoms with Crippen molar-refractivity contribution >= 4 is 39.9 Å². The van der Waals surface area contributed by atoms with E-state index in [1.54, 1.807) is 12.3 Å². The van der Waals surface area contributed by atoms with Gasteiger partial charge in [-0.25, -0.2) is 0 Å². The van der Waals surface area contributed by atoms with Crippen LogP contribution in [0.2, 0.25) is 10.0 Å². The second-order valence-electron chi connectivity index (χ2n) is 7.18. The molecule has 1 aliphatic rings. The normalized spacial score (nSPS) is 16.9. The molecule has 28 heavy (non-hydrogen) atoms. The number of halogens is 2. The van der Waals surface area contributed by atoms with Crippen LogP contribution >= 0.6 is 23.2 Å². The Labute approximate surface area is 173 Å². The summed E-state index contributed by atoms with van der Waals surface area (Å²) in [6.07, 6.45) is 4.88. The quantitative estimate of drug-likeness (QED) is 0.618. The minimum atomic E-state index is -0.713. The number of fused-ring (bicyclic) bond motifs is 1. The number of rotatable bonds is 4. The number of hydrogen-bond donors (Lipinski definition) is 1. The Balaban J connectivity index is 1.77. The van der Waals surface area contributed by atoms with E-state index in [9.17, 15) is 9.90 Å². The van der Waals surface area contributed by atoms with Gasteiger partial charge in [0.2, 0.25) is 0 Å². The first-order chi connectivity index (χ1) is 13.5. The molecule has 6 heteroatoms. The van der Waals surface area contributed by atoms with Gasteiger partial charge in [0, 0.05) is 17.8 Å². The van der Waals surface area contributed by atoms with Crippen LogP contribution in [0.3, 0.4) is 0 Å². The highest BCUT2D eigenvalue weighted by Crippen LogP contribution is 2.39. The molecule has 0 spiro atoms. The van der Waals surface area contributed by atoms with Crippen LogP contribution in [0.15, 0.2) is 54.9 Å². The van der Waals surface area contributed by atoms with Crippen molar-refractivity contribution < 1.29 is 9.90 Å². The number of aromatic nitrogens is 1. The molecule has 1 saturated heterocycles. The maximum Gasteiger partial charge on any atom is 0.306 e. The SMILES string of the molecule is O=C(O)C1CCN(C(c2ccc3cnccc3c2)c2cccc(Cl)c2Cl)CC1. The zero-order valence-corrected chi connectivity index (χ0v) is 16.7. The fourth-order valence-electron chi connectivity index (χ4n) is 4.00. The molecule has 4 rings (SSSR count). The van der Waals surface area contributed by atoms with E-state index >= 15 is 0 Å². The van der Waals surface area contributed by atoms with Crippen molar-refractivity contribution in [1.29, 1.82) is 0 Å². The summed E-state index contributed by atoms with van der Waals surface area (Å²) in [5.74, 6) is -0.996. The molecule has 0 aliphatic carbocycles. The minimum absolute atomic E-state index is 0.0847. The Bertz CT molecular complexity index is 1020. The van der Waals surface area contributed by atoms with Crippen molar-refractivity contribution in [3.05, 3.63) is 76.0 Å². The molecular formula is C22H20Cl2N2O2. The molecule has 1 atom stereocenters. The van der Waals surface area contributed by atoms with E-state index in [1.807, 2.05) is 24.4 Å². The molecule has 1 aromatic heterocycles. The van der Waals surface area contributed by atoms with Crippen LogP contribution in [0.1, 0.15) is 30.0 Å². The third kappa shape index (κ3) is 3.72. The van der Waals surface area contributed by atoms with Crippen molar-refractivity contribution in [1.82, 2.24) is 9.88 Å². The Morgan fingerprint density at radius 2 is 1.89 bits per heavy atom. The van der Waals surface area contributed by atoms with E-state index in [2.05, 4.69) is 28.1 Å². The van der Waals surface area contributed by atoms with Crippen LogP contribution in [0.5, 0.6) is 0 Å². The van der Waals surface area contributed by atoms with E-state index in [1.165, 1.54) is 0 Å². The third-order valence-electron chi connectivity index (χ3n) is 5.50. The van der Waals surface area contributed by atoms with Gasteiger partial charge in [0.05, 0.1) is 22.0 Å². The van der Waals surface area contributed by atoms with Gasteiger partial charge in [0.25, 0.3) is 0 Å². The largest absolute Gasteiger partial charge is 0.481 e. The predicted molar refractivity (Wildman–Crippen MR) is 112 cm³/mol. The average Bonchev–Trinajstić information content (AvgIpc) is 2.71. The lowest BCUT2D eigenvalue weighted by atomic mass is 9.90. The third-order valence-corrected chi connectivity index (χ3v) is 6.33. The van der Waals surface area contributed by atoms with Gasteiger partial charge in [-0.05, 0) is 60.6 Å². The van der Waals surface area contributed by atoms with Gasteiger partial charge < -0.3 is 5.11 Å². The van der Waals surface area contributed by atoms with E-state index in [0.717, 1.165) is 21.9 Å². The zero-order valence-electron chi connectivity index (χ0n) is 15.2. The molecule has 1 aliphatic heterocycles. The molecule has 0 amide bonds. The topological polar surface area (TPSA) is 53.4 Å². The number of carbonyl (C=O) groups is 1. The smallest absolute Gasteiger partial charge is 0.306 e. The number of likely N-dealkylation sites (tertiary alicyclic amines) is 1. The van der Waals surface area contributed by atoms with Gasteiger partial charge in [0.1, 0.15) is 0 Å². The lowest BCUT2D eigenvalue weighted by Crippen LogP contribution is -2.39. The Hall–Kier alpha value is -2.14. The molecule has 0 saturated carbocycles. The fourth-order valence-corrected chi connectivity index (χ4v) is 4.41. The maximum absolute atomic E-state index is 11.4. The number of carboxylic acids is 1. The van der Waals surface area contributed by atoms with E-state index < -0.39 is 5.97 Å². The Morgan fingerprint density at radius 3 is 2.64 bits per heavy atom. The van der Waals surface area contributed by atoms with Crippen LogP contribution in [-0.4, -0.2) is 34.0 Å². The number of carboxylic acid groups (broad SMARTS) is 1. The van der Waals surface area contributed by atoms with E-state index in [4.69, 9.17) is 23.2 Å². The van der Waals surface area contributed by atoms with Crippen LogP contribution < -0.4 is 0 Å². The van der Waals surface area contributed by atoms with Gasteiger partial charge in [-0.15, -0.1) is 0 Å². The number of pyridine rings is 1. The monoisotopic (exact) mass is 414 g/mol. The van der Waals surface area contributed by atoms with Crippen LogP contribution in [0.25, 0.3) is 10.8 Å². The molecule has 3 aromatic rings. The van der Waals surface area contributed by atoms with Gasteiger partial charge in [-0.2, -0.15) is 0 Å². The van der Waals surface area contributed by atoms with Crippen LogP contribution in [0, 0.1) is 5.92 Å². The summed E-state index contributed by atoms with van der Waals surface area (Å²) in [5.41, 5.74) is 2.05. The van der Waals surface area contributed by atoms with Crippen molar-refractivity contribution in [2.24, 2.45) is 5.92 Å². The average molecular weight is 415 g/mol. The number of benzene rings is 2. The first kappa shape index (κ1) is 19.2. The summed E-state index contributed by atoms with van der Waals surface area (Å²) < 4.78 is 0. The number of hydrogen-bond acceptors (Lipinski definition) is 3. The van der Waals surface area contributed by atoms with Crippen molar-refractivity contribution in [2.45, 2.75) is 18.9 Å². The summed E-state index contributed by atoms with van der Waals surface area (Å²) in [7, 11) is 0. The van der Waals surface area contributed by atoms with E-state index in [0.29, 0.717) is 36.0 Å². The zero-order chi connectivity index (χ0) is 19.7. The summed E-state index contributed by atoms with van der Waals surface area (Å²) in [6, 6.07) is 13.9. The van der Waals surface area contributed by atoms with Crippen molar-refractivity contribution in [3.63, 3.8) is 0 Å². The molecule has 2 heterocycles. The standard InChI is InChI=1S/C22H20Cl2N2O2/c23-19-3-1-2-18(20(19)24)21(26-10-7-14(8-11-26)22(27)28)16-4-5-17-13-25-9-6-15(17)12-16/h1-6,9,12-14,21H,7-8,10-11H2,(H,27,28). The molecule has 4 nitrogen and oxygen atoms in total. The molecule has 2 aromatic carbocycles. The molecule has 1 fully saturated rings. The first-order valence-electron chi connectivity index (χ1n) is 9.29. The highest BCUT2D eigenvalue weighted by molar-refractivity contribution is 6.42. The molecule has 1 unspecified atom stereocenters. The van der Waals surface area contributed by atoms with Gasteiger partial charge in [0.15, 0.2) is 0 Å². The molecule has 1 N–H and O–H groups in total. The van der Waals surface area contributed by atoms with E-state index in [-0.39, 0.29) is 12.0 Å². The highest BCUT2D eigenvalue weighted by atomic mass is 35.5. The highest BCUT2D eigenvalue weighted by Gasteiger charge is 2.31. The lowest BCUT2D eigenvalue weighted by Gasteiger charge is -2.37. The van der Waals surface area contributed by atoms with Crippen molar-refractivity contribution in [3.8, 4) is 0 Å². The minimum Gasteiger partial charge on any atom is -0.481 e. The summed E-state index contributed by atoms with van der Waals surface area (Å²) in [6.45, 7) is 1.39. The molecule has 144 valence electrons. The maximum atomic E-state index is 11.4. The summed E-state index contributed by atoms with van der Waals surface area (Å²) in [5, 5.41) is 12.6. The lowest BCUT2D eigenvalue weighted by molar-refractivity contribution is -0.143. The molecule has 0 bridgehead atoms. The van der Waals surface area contributed by atoms with Crippen LogP contribution in [-0.2, 0) is 4.79 Å². The van der Waals surface area contributed by atoms with Crippen LogP contribution in [0.4, 0.5) is 0 Å². The second-order valence-corrected chi connectivity index (χ2v) is 7.96.